The third kappa shape index (κ3) is 4.31. The highest BCUT2D eigenvalue weighted by molar-refractivity contribution is 7.80. The fourth-order valence-electron chi connectivity index (χ4n) is 2.19. The van der Waals surface area contributed by atoms with Gasteiger partial charge in [0, 0.05) is 10.7 Å². The number of anilines is 2. The largest absolute Gasteiger partial charge is 0.332 e. The van der Waals surface area contributed by atoms with E-state index in [0.29, 0.717) is 22.6 Å². The van der Waals surface area contributed by atoms with Crippen molar-refractivity contribution in [1.82, 2.24) is 14.8 Å². The molecule has 1 aromatic heterocycles. The highest BCUT2D eigenvalue weighted by Crippen LogP contribution is 2.14. The first-order valence-corrected chi connectivity index (χ1v) is 8.16. The summed E-state index contributed by atoms with van der Waals surface area (Å²) in [6.07, 6.45) is 1.68. The molecule has 0 aliphatic rings. The summed E-state index contributed by atoms with van der Waals surface area (Å²) in [5.74, 6) is 0.454. The van der Waals surface area contributed by atoms with Gasteiger partial charge in [-0.3, -0.25) is 5.32 Å². The van der Waals surface area contributed by atoms with Crippen LogP contribution in [0.1, 0.15) is 11.1 Å². The third-order valence-electron chi connectivity index (χ3n) is 3.46. The molecular formula is C17H16ClN5S. The third-order valence-corrected chi connectivity index (χ3v) is 3.91. The van der Waals surface area contributed by atoms with Crippen LogP contribution in [0.15, 0.2) is 54.9 Å². The van der Waals surface area contributed by atoms with Gasteiger partial charge in [-0.05, 0) is 54.5 Å². The van der Waals surface area contributed by atoms with E-state index in [0.717, 1.165) is 5.69 Å². The van der Waals surface area contributed by atoms with Crippen LogP contribution in [0.25, 0.3) is 0 Å². The molecule has 0 atom stereocenters. The van der Waals surface area contributed by atoms with Crippen molar-refractivity contribution in [3.05, 3.63) is 71.0 Å². The van der Waals surface area contributed by atoms with Crippen molar-refractivity contribution in [1.29, 1.82) is 0 Å². The molecule has 3 aromatic rings. The average molecular weight is 358 g/mol. The molecule has 0 saturated carbocycles. The molecule has 3 rings (SSSR count). The summed E-state index contributed by atoms with van der Waals surface area (Å²) < 4.78 is 1.77. The van der Waals surface area contributed by atoms with Crippen molar-refractivity contribution in [2.24, 2.45) is 0 Å². The molecule has 0 fully saturated rings. The Hall–Kier alpha value is -2.44. The van der Waals surface area contributed by atoms with Crippen molar-refractivity contribution in [3.63, 3.8) is 0 Å². The van der Waals surface area contributed by atoms with Crippen molar-refractivity contribution in [2.45, 2.75) is 13.5 Å². The zero-order valence-corrected chi connectivity index (χ0v) is 14.6. The zero-order valence-electron chi connectivity index (χ0n) is 13.0. The molecule has 0 unspecified atom stereocenters. The van der Waals surface area contributed by atoms with Crippen LogP contribution in [0.3, 0.4) is 0 Å². The van der Waals surface area contributed by atoms with Crippen molar-refractivity contribution in [3.8, 4) is 0 Å². The normalized spacial score (nSPS) is 10.4. The molecule has 0 spiro atoms. The first-order valence-electron chi connectivity index (χ1n) is 7.38. The number of hydrogen-bond donors (Lipinski definition) is 2. The summed E-state index contributed by atoms with van der Waals surface area (Å²) in [6.45, 7) is 2.75. The molecular weight excluding hydrogens is 342 g/mol. The van der Waals surface area contributed by atoms with Crippen molar-refractivity contribution < 1.29 is 0 Å². The molecule has 1 heterocycles. The Morgan fingerprint density at radius 2 is 1.88 bits per heavy atom. The van der Waals surface area contributed by atoms with Crippen LogP contribution in [-0.4, -0.2) is 19.9 Å². The Morgan fingerprint density at radius 1 is 1.12 bits per heavy atom. The number of benzene rings is 2. The van der Waals surface area contributed by atoms with Gasteiger partial charge in [0.25, 0.3) is 0 Å². The molecule has 0 aliphatic heterocycles. The number of thiocarbonyl (C=S) groups is 1. The standard InChI is InChI=1S/C17H16ClN5S/c1-12-4-2-3-5-13(12)10-23-11-19-16(22-23)21-17(24)20-15-8-6-14(18)7-9-15/h2-9,11H,10H2,1H3,(H2,20,21,22,24). The van der Waals surface area contributed by atoms with E-state index in [2.05, 4.69) is 39.8 Å². The van der Waals surface area contributed by atoms with E-state index in [9.17, 15) is 0 Å². The van der Waals surface area contributed by atoms with E-state index in [-0.39, 0.29) is 0 Å². The lowest BCUT2D eigenvalue weighted by Gasteiger charge is -2.08. The second kappa shape index (κ2) is 7.42. The van der Waals surface area contributed by atoms with Crippen molar-refractivity contribution >= 4 is 40.6 Å². The number of nitrogens with one attached hydrogen (secondary N) is 2. The minimum absolute atomic E-state index is 0.422. The van der Waals surface area contributed by atoms with Crippen LogP contribution >= 0.6 is 23.8 Å². The fourth-order valence-corrected chi connectivity index (χ4v) is 2.52. The summed E-state index contributed by atoms with van der Waals surface area (Å²) in [5, 5.41) is 11.5. The van der Waals surface area contributed by atoms with Crippen LogP contribution in [0.5, 0.6) is 0 Å². The first kappa shape index (κ1) is 16.4. The van der Waals surface area contributed by atoms with Gasteiger partial charge in [-0.25, -0.2) is 9.67 Å². The highest BCUT2D eigenvalue weighted by Gasteiger charge is 2.05. The van der Waals surface area contributed by atoms with Crippen LogP contribution in [0.2, 0.25) is 5.02 Å². The van der Waals surface area contributed by atoms with Crippen LogP contribution in [0, 0.1) is 6.92 Å². The number of hydrogen-bond acceptors (Lipinski definition) is 3. The zero-order chi connectivity index (χ0) is 16.9. The van der Waals surface area contributed by atoms with Gasteiger partial charge in [-0.15, -0.1) is 5.10 Å². The van der Waals surface area contributed by atoms with E-state index >= 15 is 0 Å². The molecule has 0 radical (unpaired) electrons. The van der Waals surface area contributed by atoms with Gasteiger partial charge in [-0.2, -0.15) is 0 Å². The molecule has 0 aliphatic carbocycles. The first-order chi connectivity index (χ1) is 11.6. The number of aryl methyl sites for hydroxylation is 1. The number of halogens is 1. The SMILES string of the molecule is Cc1ccccc1Cn1cnc(NC(=S)Nc2ccc(Cl)cc2)n1. The molecule has 122 valence electrons. The van der Waals surface area contributed by atoms with E-state index in [1.807, 2.05) is 24.3 Å². The Labute approximate surface area is 150 Å². The lowest BCUT2D eigenvalue weighted by atomic mass is 10.1. The number of rotatable bonds is 4. The van der Waals surface area contributed by atoms with E-state index < -0.39 is 0 Å². The van der Waals surface area contributed by atoms with Crippen molar-refractivity contribution in [2.75, 3.05) is 10.6 Å². The number of nitrogens with zero attached hydrogens (tertiary/aromatic N) is 3. The topological polar surface area (TPSA) is 54.8 Å². The predicted octanol–water partition coefficient (Wildman–Crippen LogP) is 4.10. The summed E-state index contributed by atoms with van der Waals surface area (Å²) in [5.41, 5.74) is 3.27. The maximum Gasteiger partial charge on any atom is 0.248 e. The Bertz CT molecular complexity index is 844. The maximum absolute atomic E-state index is 5.86. The second-order valence-corrected chi connectivity index (χ2v) is 6.12. The van der Waals surface area contributed by atoms with Crippen LogP contribution in [0.4, 0.5) is 11.6 Å². The molecule has 5 nitrogen and oxygen atoms in total. The average Bonchev–Trinajstić information content (AvgIpc) is 2.99. The molecule has 24 heavy (non-hydrogen) atoms. The van der Waals surface area contributed by atoms with Gasteiger partial charge in [-0.1, -0.05) is 35.9 Å². The molecule has 2 aromatic carbocycles. The fraction of sp³-hybridized carbons (Fsp3) is 0.118. The predicted molar refractivity (Wildman–Crippen MR) is 102 cm³/mol. The Morgan fingerprint density at radius 3 is 2.62 bits per heavy atom. The monoisotopic (exact) mass is 357 g/mol. The number of aromatic nitrogens is 3. The van der Waals surface area contributed by atoms with Gasteiger partial charge >= 0.3 is 0 Å². The van der Waals surface area contributed by atoms with E-state index in [1.165, 1.54) is 11.1 Å². The smallest absolute Gasteiger partial charge is 0.248 e. The maximum atomic E-state index is 5.86. The van der Waals surface area contributed by atoms with Gasteiger partial charge < -0.3 is 5.32 Å². The Kier molecular flexibility index (Phi) is 5.08. The quantitative estimate of drug-likeness (QED) is 0.688. The summed E-state index contributed by atoms with van der Waals surface area (Å²) in [7, 11) is 0. The minimum Gasteiger partial charge on any atom is -0.332 e. The minimum atomic E-state index is 0.422. The summed E-state index contributed by atoms with van der Waals surface area (Å²) in [4.78, 5) is 4.23. The van der Waals surface area contributed by atoms with Crippen LogP contribution in [-0.2, 0) is 6.54 Å². The van der Waals surface area contributed by atoms with E-state index in [1.54, 1.807) is 23.1 Å². The van der Waals surface area contributed by atoms with E-state index in [4.69, 9.17) is 23.8 Å². The summed E-state index contributed by atoms with van der Waals surface area (Å²) >= 11 is 11.1. The molecule has 7 heteroatoms. The Balaban J connectivity index is 1.60. The highest BCUT2D eigenvalue weighted by atomic mass is 35.5. The summed E-state index contributed by atoms with van der Waals surface area (Å²) in [6, 6.07) is 15.5. The lowest BCUT2D eigenvalue weighted by Crippen LogP contribution is -2.20. The van der Waals surface area contributed by atoms with Gasteiger partial charge in [0.1, 0.15) is 6.33 Å². The second-order valence-electron chi connectivity index (χ2n) is 5.28. The lowest BCUT2D eigenvalue weighted by molar-refractivity contribution is 0.684. The molecule has 0 bridgehead atoms. The van der Waals surface area contributed by atoms with Gasteiger partial charge in [0.15, 0.2) is 5.11 Å². The molecule has 2 N–H and O–H groups in total. The van der Waals surface area contributed by atoms with Gasteiger partial charge in [0.2, 0.25) is 5.95 Å². The molecule has 0 saturated heterocycles. The van der Waals surface area contributed by atoms with Crippen LogP contribution < -0.4 is 10.6 Å². The van der Waals surface area contributed by atoms with Gasteiger partial charge in [0.05, 0.1) is 6.54 Å². The molecule has 0 amide bonds.